The van der Waals surface area contributed by atoms with Crippen molar-refractivity contribution in [3.05, 3.63) is 95.1 Å². The van der Waals surface area contributed by atoms with Gasteiger partial charge in [-0.1, -0.05) is 48.5 Å². The minimum atomic E-state index is -0.549. The van der Waals surface area contributed by atoms with Crippen molar-refractivity contribution >= 4 is 11.6 Å². The van der Waals surface area contributed by atoms with Crippen molar-refractivity contribution in [1.29, 1.82) is 0 Å². The van der Waals surface area contributed by atoms with Crippen LogP contribution in [0.4, 0.5) is 8.78 Å². The lowest BCUT2D eigenvalue weighted by Crippen LogP contribution is -1.91. The molecule has 4 rings (SSSR count). The van der Waals surface area contributed by atoms with Crippen molar-refractivity contribution in [3.63, 3.8) is 0 Å². The van der Waals surface area contributed by atoms with E-state index in [9.17, 15) is 8.78 Å². The second-order valence-corrected chi connectivity index (χ2v) is 5.71. The van der Waals surface area contributed by atoms with E-state index < -0.39 is 11.6 Å². The monoisotopic (exact) mass is 304 g/mol. The number of hydrogen-bond donors (Lipinski definition) is 0. The normalized spacial score (nSPS) is 12.9. The number of allylic oxidation sites excluding steroid dienone is 1. The highest BCUT2D eigenvalue weighted by molar-refractivity contribution is 5.94. The zero-order valence-electron chi connectivity index (χ0n) is 12.4. The van der Waals surface area contributed by atoms with E-state index in [1.807, 2.05) is 30.3 Å². The van der Waals surface area contributed by atoms with Gasteiger partial charge in [-0.25, -0.2) is 8.78 Å². The Morgan fingerprint density at radius 2 is 1.57 bits per heavy atom. The zero-order valence-corrected chi connectivity index (χ0v) is 12.4. The number of benzene rings is 3. The highest BCUT2D eigenvalue weighted by atomic mass is 19.1. The van der Waals surface area contributed by atoms with Crippen LogP contribution in [-0.4, -0.2) is 0 Å². The van der Waals surface area contributed by atoms with Gasteiger partial charge in [-0.15, -0.1) is 0 Å². The van der Waals surface area contributed by atoms with Gasteiger partial charge < -0.3 is 0 Å². The summed E-state index contributed by atoms with van der Waals surface area (Å²) in [6, 6.07) is 20.1. The molecule has 1 aliphatic rings. The Hall–Kier alpha value is -2.74. The fourth-order valence-corrected chi connectivity index (χ4v) is 3.16. The molecule has 0 nitrogen and oxygen atoms in total. The van der Waals surface area contributed by atoms with Gasteiger partial charge in [-0.3, -0.25) is 0 Å². The SMILES string of the molecule is Fc1ccc(C2=Cc3c(cccc3-c3ccccc3)C2)c(F)c1. The highest BCUT2D eigenvalue weighted by Gasteiger charge is 2.19. The van der Waals surface area contributed by atoms with E-state index in [2.05, 4.69) is 24.3 Å². The van der Waals surface area contributed by atoms with Gasteiger partial charge in [0.1, 0.15) is 11.6 Å². The first-order valence-electron chi connectivity index (χ1n) is 7.56. The molecule has 0 spiro atoms. The Morgan fingerprint density at radius 3 is 2.35 bits per heavy atom. The van der Waals surface area contributed by atoms with Crippen LogP contribution in [0.2, 0.25) is 0 Å². The summed E-state index contributed by atoms with van der Waals surface area (Å²) in [6.07, 6.45) is 2.69. The molecule has 0 amide bonds. The van der Waals surface area contributed by atoms with Gasteiger partial charge in [0.2, 0.25) is 0 Å². The molecular formula is C21H14F2. The van der Waals surface area contributed by atoms with Gasteiger partial charge in [-0.05, 0) is 52.5 Å². The molecule has 0 heterocycles. The second-order valence-electron chi connectivity index (χ2n) is 5.71. The largest absolute Gasteiger partial charge is 0.207 e. The second kappa shape index (κ2) is 5.47. The van der Waals surface area contributed by atoms with E-state index in [1.54, 1.807) is 0 Å². The Morgan fingerprint density at radius 1 is 0.739 bits per heavy atom. The van der Waals surface area contributed by atoms with Gasteiger partial charge in [0, 0.05) is 11.6 Å². The molecule has 2 heteroatoms. The van der Waals surface area contributed by atoms with Crippen LogP contribution >= 0.6 is 0 Å². The summed E-state index contributed by atoms with van der Waals surface area (Å²) in [7, 11) is 0. The number of fused-ring (bicyclic) bond motifs is 1. The molecule has 3 aromatic carbocycles. The molecule has 0 fully saturated rings. The van der Waals surface area contributed by atoms with Crippen LogP contribution in [0.1, 0.15) is 16.7 Å². The molecule has 0 bridgehead atoms. The van der Waals surface area contributed by atoms with E-state index in [0.29, 0.717) is 12.0 Å². The van der Waals surface area contributed by atoms with Crippen molar-refractivity contribution in [2.45, 2.75) is 6.42 Å². The molecule has 3 aromatic rings. The molecule has 0 saturated carbocycles. The molecule has 0 radical (unpaired) electrons. The fourth-order valence-electron chi connectivity index (χ4n) is 3.16. The Balaban J connectivity index is 1.82. The van der Waals surface area contributed by atoms with Crippen LogP contribution in [0.3, 0.4) is 0 Å². The van der Waals surface area contributed by atoms with Crippen LogP contribution in [0.15, 0.2) is 66.7 Å². The van der Waals surface area contributed by atoms with Crippen molar-refractivity contribution in [3.8, 4) is 11.1 Å². The van der Waals surface area contributed by atoms with Crippen molar-refractivity contribution in [1.82, 2.24) is 0 Å². The van der Waals surface area contributed by atoms with Gasteiger partial charge in [0.25, 0.3) is 0 Å². The van der Waals surface area contributed by atoms with Gasteiger partial charge in [0.05, 0.1) is 0 Å². The summed E-state index contributed by atoms with van der Waals surface area (Å²) in [5, 5.41) is 0. The Kier molecular flexibility index (Phi) is 3.30. The van der Waals surface area contributed by atoms with E-state index >= 15 is 0 Å². The molecule has 0 aliphatic heterocycles. The van der Waals surface area contributed by atoms with Crippen LogP contribution in [0, 0.1) is 11.6 Å². The van der Waals surface area contributed by atoms with Crippen molar-refractivity contribution < 1.29 is 8.78 Å². The first kappa shape index (κ1) is 13.9. The van der Waals surface area contributed by atoms with E-state index in [1.165, 1.54) is 17.7 Å². The van der Waals surface area contributed by atoms with Crippen molar-refractivity contribution in [2.24, 2.45) is 0 Å². The lowest BCUT2D eigenvalue weighted by Gasteiger charge is -2.07. The summed E-state index contributed by atoms with van der Waals surface area (Å²) < 4.78 is 27.2. The minimum Gasteiger partial charge on any atom is -0.207 e. The van der Waals surface area contributed by atoms with E-state index in [0.717, 1.165) is 28.3 Å². The number of hydrogen-bond acceptors (Lipinski definition) is 0. The molecule has 0 aromatic heterocycles. The number of halogens is 2. The highest BCUT2D eigenvalue weighted by Crippen LogP contribution is 2.38. The molecule has 23 heavy (non-hydrogen) atoms. The topological polar surface area (TPSA) is 0 Å². The average molecular weight is 304 g/mol. The first-order valence-corrected chi connectivity index (χ1v) is 7.56. The van der Waals surface area contributed by atoms with E-state index in [-0.39, 0.29) is 0 Å². The predicted octanol–water partition coefficient (Wildman–Crippen LogP) is 5.73. The fraction of sp³-hybridized carbons (Fsp3) is 0.0476. The maximum absolute atomic E-state index is 14.1. The van der Waals surface area contributed by atoms with Crippen LogP contribution in [-0.2, 0) is 6.42 Å². The van der Waals surface area contributed by atoms with Gasteiger partial charge in [-0.2, -0.15) is 0 Å². The Labute approximate surface area is 133 Å². The molecular weight excluding hydrogens is 290 g/mol. The molecule has 0 atom stereocenters. The first-order chi connectivity index (χ1) is 11.2. The minimum absolute atomic E-state index is 0.474. The van der Waals surface area contributed by atoms with Crippen LogP contribution in [0.5, 0.6) is 0 Å². The third-order valence-corrected chi connectivity index (χ3v) is 4.26. The summed E-state index contributed by atoms with van der Waals surface area (Å²) in [6.45, 7) is 0. The number of rotatable bonds is 2. The summed E-state index contributed by atoms with van der Waals surface area (Å²) >= 11 is 0. The zero-order chi connectivity index (χ0) is 15.8. The summed E-state index contributed by atoms with van der Waals surface area (Å²) in [5.74, 6) is -1.06. The third kappa shape index (κ3) is 2.46. The molecule has 0 saturated heterocycles. The lowest BCUT2D eigenvalue weighted by molar-refractivity contribution is 0.581. The third-order valence-electron chi connectivity index (χ3n) is 4.26. The lowest BCUT2D eigenvalue weighted by atomic mass is 9.97. The average Bonchev–Trinajstić information content (AvgIpc) is 2.99. The van der Waals surface area contributed by atoms with Crippen molar-refractivity contribution in [2.75, 3.05) is 0 Å². The standard InChI is InChI=1S/C21H14F2/c22-17-9-10-19(21(23)13-17)16-11-15-7-4-8-18(20(15)12-16)14-5-2-1-3-6-14/h1-10,12-13H,11H2. The smallest absolute Gasteiger partial charge is 0.133 e. The van der Waals surface area contributed by atoms with Gasteiger partial charge >= 0.3 is 0 Å². The maximum atomic E-state index is 14.1. The Bertz CT molecular complexity index is 908. The molecule has 1 aliphatic carbocycles. The predicted molar refractivity (Wildman–Crippen MR) is 89.8 cm³/mol. The molecule has 0 N–H and O–H groups in total. The molecule has 112 valence electrons. The summed E-state index contributed by atoms with van der Waals surface area (Å²) in [5.41, 5.74) is 5.94. The van der Waals surface area contributed by atoms with Crippen LogP contribution < -0.4 is 0 Å². The van der Waals surface area contributed by atoms with E-state index in [4.69, 9.17) is 0 Å². The maximum Gasteiger partial charge on any atom is 0.133 e. The molecule has 0 unspecified atom stereocenters. The van der Waals surface area contributed by atoms with Crippen LogP contribution in [0.25, 0.3) is 22.8 Å². The summed E-state index contributed by atoms with van der Waals surface area (Å²) in [4.78, 5) is 0. The quantitative estimate of drug-likeness (QED) is 0.567. The van der Waals surface area contributed by atoms with Gasteiger partial charge in [0.15, 0.2) is 0 Å².